The van der Waals surface area contributed by atoms with Crippen molar-refractivity contribution in [3.63, 3.8) is 0 Å². The summed E-state index contributed by atoms with van der Waals surface area (Å²) in [4.78, 5) is 33.5. The highest BCUT2D eigenvalue weighted by atomic mass is 32.1. The third-order valence-electron chi connectivity index (χ3n) is 7.21. The zero-order chi connectivity index (χ0) is 28.0. The normalized spacial score (nSPS) is 17.0. The second kappa shape index (κ2) is 10.3. The Labute approximate surface area is 232 Å². The minimum absolute atomic E-state index is 0.0519. The van der Waals surface area contributed by atoms with Gasteiger partial charge in [-0.2, -0.15) is 0 Å². The number of fused-ring (bicyclic) bond motifs is 1. The van der Waals surface area contributed by atoms with Crippen LogP contribution < -0.4 is 9.64 Å². The maximum absolute atomic E-state index is 13.6. The van der Waals surface area contributed by atoms with Crippen molar-refractivity contribution in [3.8, 4) is 5.75 Å². The number of aliphatic hydroxyl groups excluding tert-OH is 1. The van der Waals surface area contributed by atoms with E-state index in [1.165, 1.54) is 16.2 Å². The summed E-state index contributed by atoms with van der Waals surface area (Å²) >= 11 is 1.37. The predicted octanol–water partition coefficient (Wildman–Crippen LogP) is 7.37. The number of nitrogens with zero attached hydrogens (tertiary/aromatic N) is 2. The Bertz CT molecular complexity index is 1610. The van der Waals surface area contributed by atoms with Gasteiger partial charge in [-0.25, -0.2) is 4.98 Å². The lowest BCUT2D eigenvalue weighted by Gasteiger charge is -2.23. The molecule has 6 nitrogen and oxygen atoms in total. The van der Waals surface area contributed by atoms with E-state index in [9.17, 15) is 14.7 Å². The molecular weight excluding hydrogens is 508 g/mol. The minimum Gasteiger partial charge on any atom is -0.507 e. The van der Waals surface area contributed by atoms with Gasteiger partial charge >= 0.3 is 5.91 Å². The van der Waals surface area contributed by atoms with Crippen LogP contribution in [-0.4, -0.2) is 28.4 Å². The van der Waals surface area contributed by atoms with Crippen molar-refractivity contribution in [3.05, 3.63) is 93.6 Å². The molecule has 1 unspecified atom stereocenters. The molecule has 1 aromatic heterocycles. The minimum atomic E-state index is -0.818. The van der Waals surface area contributed by atoms with E-state index in [1.54, 1.807) is 6.07 Å². The summed E-state index contributed by atoms with van der Waals surface area (Å²) in [5.74, 6) is -0.778. The summed E-state index contributed by atoms with van der Waals surface area (Å²) < 4.78 is 6.72. The Kier molecular flexibility index (Phi) is 7.03. The summed E-state index contributed by atoms with van der Waals surface area (Å²) in [6, 6.07) is 16.3. The average Bonchev–Trinajstić information content (AvgIpc) is 3.41. The van der Waals surface area contributed by atoms with E-state index >= 15 is 0 Å². The Morgan fingerprint density at radius 2 is 1.79 bits per heavy atom. The van der Waals surface area contributed by atoms with Gasteiger partial charge in [-0.3, -0.25) is 14.5 Å². The fraction of sp³-hybridized carbons (Fsp3) is 0.281. The zero-order valence-corrected chi connectivity index (χ0v) is 23.8. The zero-order valence-electron chi connectivity index (χ0n) is 23.0. The van der Waals surface area contributed by atoms with E-state index in [0.717, 1.165) is 43.8 Å². The number of aliphatic hydroxyl groups is 1. The fourth-order valence-electron chi connectivity index (χ4n) is 5.05. The van der Waals surface area contributed by atoms with Crippen LogP contribution in [0.25, 0.3) is 16.0 Å². The second-order valence-corrected chi connectivity index (χ2v) is 11.3. The first kappa shape index (κ1) is 26.6. The number of ether oxygens (including phenoxy) is 1. The lowest BCUT2D eigenvalue weighted by Crippen LogP contribution is -2.29. The topological polar surface area (TPSA) is 79.7 Å². The number of ketones is 1. The molecule has 0 saturated carbocycles. The maximum Gasteiger partial charge on any atom is 0.301 e. The molecule has 4 aromatic rings. The number of thiazole rings is 1. The Morgan fingerprint density at radius 3 is 2.49 bits per heavy atom. The van der Waals surface area contributed by atoms with Crippen molar-refractivity contribution in [2.45, 2.75) is 53.5 Å². The van der Waals surface area contributed by atoms with E-state index < -0.39 is 17.7 Å². The number of aryl methyl sites for hydroxylation is 3. The molecule has 0 bridgehead atoms. The van der Waals surface area contributed by atoms with Crippen LogP contribution in [0.2, 0.25) is 0 Å². The molecule has 7 heteroatoms. The van der Waals surface area contributed by atoms with Gasteiger partial charge in [0.15, 0.2) is 5.13 Å². The van der Waals surface area contributed by atoms with Crippen LogP contribution in [0.5, 0.6) is 5.75 Å². The third kappa shape index (κ3) is 4.72. The van der Waals surface area contributed by atoms with E-state index in [0.29, 0.717) is 17.3 Å². The highest BCUT2D eigenvalue weighted by Crippen LogP contribution is 2.45. The van der Waals surface area contributed by atoms with Crippen LogP contribution in [0.3, 0.4) is 0 Å². The molecule has 1 aliphatic rings. The van der Waals surface area contributed by atoms with Crippen molar-refractivity contribution < 1.29 is 19.4 Å². The molecule has 3 aromatic carbocycles. The van der Waals surface area contributed by atoms with Gasteiger partial charge in [-0.05, 0) is 86.2 Å². The molecule has 39 heavy (non-hydrogen) atoms. The number of hydrogen-bond acceptors (Lipinski definition) is 6. The van der Waals surface area contributed by atoms with Gasteiger partial charge in [-0.1, -0.05) is 55.0 Å². The summed E-state index contributed by atoms with van der Waals surface area (Å²) in [7, 11) is 0. The van der Waals surface area contributed by atoms with E-state index in [1.807, 2.05) is 84.0 Å². The maximum atomic E-state index is 13.6. The smallest absolute Gasteiger partial charge is 0.301 e. The predicted molar refractivity (Wildman–Crippen MR) is 157 cm³/mol. The van der Waals surface area contributed by atoms with Gasteiger partial charge in [0, 0.05) is 5.56 Å². The van der Waals surface area contributed by atoms with Gasteiger partial charge in [0.25, 0.3) is 5.78 Å². The van der Waals surface area contributed by atoms with Crippen molar-refractivity contribution in [1.82, 2.24) is 4.98 Å². The molecule has 2 heterocycles. The molecule has 0 radical (unpaired) electrons. The SMILES string of the molecule is CCOc1ccc(/C(O)=C2\C(=O)C(=O)N(c3nc4cc(C)c(C)cc4s3)C2c2cccc(C)c2)cc1C(C)C. The summed E-state index contributed by atoms with van der Waals surface area (Å²) in [6.45, 7) is 12.6. The second-order valence-electron chi connectivity index (χ2n) is 10.3. The average molecular weight is 541 g/mol. The van der Waals surface area contributed by atoms with Crippen molar-refractivity contribution >= 4 is 44.1 Å². The van der Waals surface area contributed by atoms with Gasteiger partial charge in [0.2, 0.25) is 0 Å². The molecule has 1 N–H and O–H groups in total. The number of benzene rings is 3. The van der Waals surface area contributed by atoms with Crippen LogP contribution in [0.4, 0.5) is 5.13 Å². The van der Waals surface area contributed by atoms with Crippen molar-refractivity contribution in [2.75, 3.05) is 11.5 Å². The number of carbonyl (C=O) groups is 2. The Hall–Kier alpha value is -3.97. The molecular formula is C32H32N2O4S. The molecule has 0 spiro atoms. The van der Waals surface area contributed by atoms with Gasteiger partial charge in [-0.15, -0.1) is 0 Å². The lowest BCUT2D eigenvalue weighted by molar-refractivity contribution is -0.132. The van der Waals surface area contributed by atoms with Crippen molar-refractivity contribution in [2.24, 2.45) is 0 Å². The number of hydrogen-bond donors (Lipinski definition) is 1. The molecule has 0 aliphatic carbocycles. The van der Waals surface area contributed by atoms with Crippen LogP contribution >= 0.6 is 11.3 Å². The standard InChI is InChI=1S/C32H32N2O4S/c1-7-38-25-12-11-22(16-23(25)17(2)3)29(35)27-28(21-10-8-9-18(4)13-21)34(31(37)30(27)36)32-33-24-14-19(5)20(6)15-26(24)39-32/h8-17,28,35H,7H2,1-6H3/b29-27+. The molecule has 1 fully saturated rings. The monoisotopic (exact) mass is 540 g/mol. The molecule has 1 aliphatic heterocycles. The third-order valence-corrected chi connectivity index (χ3v) is 8.22. The van der Waals surface area contributed by atoms with E-state index in [2.05, 4.69) is 6.07 Å². The summed E-state index contributed by atoms with van der Waals surface area (Å²) in [5.41, 5.74) is 6.16. The first-order valence-corrected chi connectivity index (χ1v) is 13.9. The van der Waals surface area contributed by atoms with Crippen LogP contribution in [0.15, 0.2) is 60.2 Å². The Morgan fingerprint density at radius 1 is 1.05 bits per heavy atom. The molecule has 200 valence electrons. The van der Waals surface area contributed by atoms with E-state index in [-0.39, 0.29) is 17.3 Å². The van der Waals surface area contributed by atoms with Crippen LogP contribution in [0, 0.1) is 20.8 Å². The van der Waals surface area contributed by atoms with Crippen LogP contribution in [0.1, 0.15) is 66.1 Å². The fourth-order valence-corrected chi connectivity index (χ4v) is 6.12. The quantitative estimate of drug-likeness (QED) is 0.157. The number of aromatic nitrogens is 1. The molecule has 1 amide bonds. The summed E-state index contributed by atoms with van der Waals surface area (Å²) in [5, 5.41) is 12.1. The first-order chi connectivity index (χ1) is 18.6. The number of amides is 1. The van der Waals surface area contributed by atoms with Gasteiger partial charge < -0.3 is 9.84 Å². The number of anilines is 1. The highest BCUT2D eigenvalue weighted by Gasteiger charge is 2.48. The lowest BCUT2D eigenvalue weighted by atomic mass is 9.92. The van der Waals surface area contributed by atoms with Gasteiger partial charge in [0.05, 0.1) is 28.4 Å². The molecule has 5 rings (SSSR count). The van der Waals surface area contributed by atoms with Crippen LogP contribution in [-0.2, 0) is 9.59 Å². The van der Waals surface area contributed by atoms with Crippen molar-refractivity contribution in [1.29, 1.82) is 0 Å². The largest absolute Gasteiger partial charge is 0.507 e. The number of carbonyl (C=O) groups excluding carboxylic acids is 2. The first-order valence-electron chi connectivity index (χ1n) is 13.1. The number of rotatable bonds is 6. The summed E-state index contributed by atoms with van der Waals surface area (Å²) in [6.07, 6.45) is 0. The van der Waals surface area contributed by atoms with Gasteiger partial charge in [0.1, 0.15) is 11.5 Å². The molecule has 1 saturated heterocycles. The number of Topliss-reactive ketones (excluding diaryl/α,β-unsaturated/α-hetero) is 1. The molecule has 1 atom stereocenters. The Balaban J connectivity index is 1.72. The highest BCUT2D eigenvalue weighted by molar-refractivity contribution is 7.22. The van der Waals surface area contributed by atoms with E-state index in [4.69, 9.17) is 9.72 Å².